The van der Waals surface area contributed by atoms with Crippen molar-refractivity contribution in [1.29, 1.82) is 0 Å². The molecule has 0 atom stereocenters. The van der Waals surface area contributed by atoms with Crippen molar-refractivity contribution >= 4 is 5.91 Å². The van der Waals surface area contributed by atoms with E-state index in [0.717, 1.165) is 25.9 Å². The average molecular weight is 269 g/mol. The average Bonchev–Trinajstić information content (AvgIpc) is 2.49. The molecule has 0 saturated carbocycles. The third-order valence-electron chi connectivity index (χ3n) is 3.28. The quantitative estimate of drug-likeness (QED) is 0.807. The second-order valence-electron chi connectivity index (χ2n) is 4.72. The van der Waals surface area contributed by atoms with Crippen molar-refractivity contribution in [2.24, 2.45) is 0 Å². The zero-order valence-corrected chi connectivity index (χ0v) is 11.7. The molecule has 104 valence electrons. The van der Waals surface area contributed by atoms with Crippen LogP contribution in [0, 0.1) is 0 Å². The van der Waals surface area contributed by atoms with Gasteiger partial charge < -0.3 is 4.90 Å². The van der Waals surface area contributed by atoms with Crippen LogP contribution in [-0.2, 0) is 17.6 Å². The molecular weight excluding hydrogens is 250 g/mol. The van der Waals surface area contributed by atoms with Crippen LogP contribution in [0.3, 0.4) is 0 Å². The Morgan fingerprint density at radius 3 is 1.65 bits per heavy atom. The summed E-state index contributed by atoms with van der Waals surface area (Å²) in [6.45, 7) is 3.11. The molecule has 0 bridgehead atoms. The van der Waals surface area contributed by atoms with E-state index in [2.05, 4.69) is 9.97 Å². The standard InChI is InChI=1S/C16H19N3O/c1-14(20)19(12-6-15-2-8-17-9-3-15)13-7-16-4-10-18-11-5-16/h2-5,8-11H,6-7,12-13H2,1H3. The molecule has 2 rings (SSSR count). The Labute approximate surface area is 119 Å². The zero-order valence-electron chi connectivity index (χ0n) is 11.7. The molecule has 4 heteroatoms. The van der Waals surface area contributed by atoms with Gasteiger partial charge in [0.25, 0.3) is 0 Å². The van der Waals surface area contributed by atoms with Crippen molar-refractivity contribution in [3.63, 3.8) is 0 Å². The molecule has 20 heavy (non-hydrogen) atoms. The first-order chi connectivity index (χ1) is 9.75. The van der Waals surface area contributed by atoms with Gasteiger partial charge in [0.2, 0.25) is 5.91 Å². The van der Waals surface area contributed by atoms with E-state index in [1.165, 1.54) is 11.1 Å². The number of carbonyl (C=O) groups excluding carboxylic acids is 1. The Morgan fingerprint density at radius 2 is 1.30 bits per heavy atom. The molecule has 0 N–H and O–H groups in total. The first-order valence-corrected chi connectivity index (χ1v) is 6.79. The monoisotopic (exact) mass is 269 g/mol. The Bertz CT molecular complexity index is 484. The second-order valence-corrected chi connectivity index (χ2v) is 4.72. The Kier molecular flexibility index (Phi) is 5.24. The largest absolute Gasteiger partial charge is 0.342 e. The molecule has 1 amide bonds. The van der Waals surface area contributed by atoms with Crippen molar-refractivity contribution in [1.82, 2.24) is 14.9 Å². The molecule has 0 radical (unpaired) electrons. The van der Waals surface area contributed by atoms with Gasteiger partial charge in [0, 0.05) is 44.8 Å². The number of rotatable bonds is 6. The molecule has 0 aromatic carbocycles. The molecule has 0 aliphatic carbocycles. The van der Waals surface area contributed by atoms with Crippen molar-refractivity contribution in [3.8, 4) is 0 Å². The lowest BCUT2D eigenvalue weighted by Gasteiger charge is -2.21. The first kappa shape index (κ1) is 14.2. The van der Waals surface area contributed by atoms with E-state index >= 15 is 0 Å². The topological polar surface area (TPSA) is 46.1 Å². The summed E-state index contributed by atoms with van der Waals surface area (Å²) >= 11 is 0. The highest BCUT2D eigenvalue weighted by Crippen LogP contribution is 2.04. The lowest BCUT2D eigenvalue weighted by atomic mass is 10.1. The Balaban J connectivity index is 1.86. The molecule has 0 aliphatic rings. The molecule has 0 spiro atoms. The van der Waals surface area contributed by atoms with Crippen LogP contribution in [0.25, 0.3) is 0 Å². The van der Waals surface area contributed by atoms with Gasteiger partial charge in [-0.2, -0.15) is 0 Å². The normalized spacial score (nSPS) is 10.2. The highest BCUT2D eigenvalue weighted by atomic mass is 16.2. The first-order valence-electron chi connectivity index (χ1n) is 6.79. The van der Waals surface area contributed by atoms with Crippen LogP contribution in [-0.4, -0.2) is 33.9 Å². The fourth-order valence-corrected chi connectivity index (χ4v) is 2.05. The summed E-state index contributed by atoms with van der Waals surface area (Å²) in [4.78, 5) is 21.6. The van der Waals surface area contributed by atoms with Gasteiger partial charge in [-0.05, 0) is 48.2 Å². The summed E-state index contributed by atoms with van der Waals surface area (Å²) < 4.78 is 0. The summed E-state index contributed by atoms with van der Waals surface area (Å²) in [7, 11) is 0. The van der Waals surface area contributed by atoms with E-state index in [4.69, 9.17) is 0 Å². The minimum absolute atomic E-state index is 0.119. The maximum absolute atomic E-state index is 11.7. The maximum atomic E-state index is 11.7. The molecule has 0 unspecified atom stereocenters. The molecule has 2 aromatic rings. The third kappa shape index (κ3) is 4.46. The van der Waals surface area contributed by atoms with Crippen LogP contribution >= 0.6 is 0 Å². The molecule has 0 saturated heterocycles. The fraction of sp³-hybridized carbons (Fsp3) is 0.312. The molecule has 2 aromatic heterocycles. The van der Waals surface area contributed by atoms with E-state index < -0.39 is 0 Å². The minimum atomic E-state index is 0.119. The van der Waals surface area contributed by atoms with Crippen molar-refractivity contribution < 1.29 is 4.79 Å². The Morgan fingerprint density at radius 1 is 0.900 bits per heavy atom. The van der Waals surface area contributed by atoms with Crippen LogP contribution in [0.5, 0.6) is 0 Å². The van der Waals surface area contributed by atoms with Gasteiger partial charge in [0.1, 0.15) is 0 Å². The van der Waals surface area contributed by atoms with Crippen molar-refractivity contribution in [3.05, 3.63) is 60.2 Å². The van der Waals surface area contributed by atoms with Gasteiger partial charge >= 0.3 is 0 Å². The van der Waals surface area contributed by atoms with Gasteiger partial charge in [-0.1, -0.05) is 0 Å². The van der Waals surface area contributed by atoms with Gasteiger partial charge in [0.05, 0.1) is 0 Å². The van der Waals surface area contributed by atoms with Crippen LogP contribution in [0.4, 0.5) is 0 Å². The number of nitrogens with zero attached hydrogens (tertiary/aromatic N) is 3. The van der Waals surface area contributed by atoms with E-state index in [9.17, 15) is 4.79 Å². The fourth-order valence-electron chi connectivity index (χ4n) is 2.05. The molecule has 0 fully saturated rings. The van der Waals surface area contributed by atoms with Crippen LogP contribution in [0.15, 0.2) is 49.1 Å². The number of hydrogen-bond donors (Lipinski definition) is 0. The summed E-state index contributed by atoms with van der Waals surface area (Å²) in [5.74, 6) is 0.119. The Hall–Kier alpha value is -2.23. The number of pyridine rings is 2. The number of amides is 1. The zero-order chi connectivity index (χ0) is 14.2. The highest BCUT2D eigenvalue weighted by molar-refractivity contribution is 5.73. The van der Waals surface area contributed by atoms with Gasteiger partial charge in [-0.25, -0.2) is 0 Å². The lowest BCUT2D eigenvalue weighted by molar-refractivity contribution is -0.128. The van der Waals surface area contributed by atoms with Crippen LogP contribution < -0.4 is 0 Å². The van der Waals surface area contributed by atoms with Crippen molar-refractivity contribution in [2.45, 2.75) is 19.8 Å². The maximum Gasteiger partial charge on any atom is 0.219 e. The molecule has 2 heterocycles. The van der Waals surface area contributed by atoms with E-state index in [0.29, 0.717) is 0 Å². The van der Waals surface area contributed by atoms with Crippen molar-refractivity contribution in [2.75, 3.05) is 13.1 Å². The predicted octanol–water partition coefficient (Wildman–Crippen LogP) is 2.11. The van der Waals surface area contributed by atoms with E-state index in [1.807, 2.05) is 29.2 Å². The molecular formula is C16H19N3O. The van der Waals surface area contributed by atoms with Gasteiger partial charge in [-0.3, -0.25) is 14.8 Å². The number of carbonyl (C=O) groups is 1. The van der Waals surface area contributed by atoms with E-state index in [-0.39, 0.29) is 5.91 Å². The lowest BCUT2D eigenvalue weighted by Crippen LogP contribution is -2.32. The predicted molar refractivity (Wildman–Crippen MR) is 78.1 cm³/mol. The smallest absolute Gasteiger partial charge is 0.219 e. The molecule has 0 aliphatic heterocycles. The SMILES string of the molecule is CC(=O)N(CCc1ccncc1)CCc1ccncc1. The van der Waals surface area contributed by atoms with Crippen LogP contribution in [0.1, 0.15) is 18.1 Å². The molecule has 4 nitrogen and oxygen atoms in total. The number of aromatic nitrogens is 2. The minimum Gasteiger partial charge on any atom is -0.342 e. The summed E-state index contributed by atoms with van der Waals surface area (Å²) in [6, 6.07) is 7.95. The third-order valence-corrected chi connectivity index (χ3v) is 3.28. The number of hydrogen-bond acceptors (Lipinski definition) is 3. The summed E-state index contributed by atoms with van der Waals surface area (Å²) in [5, 5.41) is 0. The van der Waals surface area contributed by atoms with Gasteiger partial charge in [0.15, 0.2) is 0 Å². The van der Waals surface area contributed by atoms with E-state index in [1.54, 1.807) is 31.7 Å². The van der Waals surface area contributed by atoms with Gasteiger partial charge in [-0.15, -0.1) is 0 Å². The summed E-state index contributed by atoms with van der Waals surface area (Å²) in [6.07, 6.45) is 8.85. The van der Waals surface area contributed by atoms with Crippen LogP contribution in [0.2, 0.25) is 0 Å². The summed E-state index contributed by atoms with van der Waals surface area (Å²) in [5.41, 5.74) is 2.41. The highest BCUT2D eigenvalue weighted by Gasteiger charge is 2.08. The second kappa shape index (κ2) is 7.38.